The highest BCUT2D eigenvalue weighted by Gasteiger charge is 2.13. The summed E-state index contributed by atoms with van der Waals surface area (Å²) in [5.41, 5.74) is 0.828. The van der Waals surface area contributed by atoms with Crippen LogP contribution in [0.5, 0.6) is 0 Å². The number of carbonyl (C=O) groups is 1. The van der Waals surface area contributed by atoms with Gasteiger partial charge in [0.2, 0.25) is 5.91 Å². The summed E-state index contributed by atoms with van der Waals surface area (Å²) >= 11 is 0. The van der Waals surface area contributed by atoms with Crippen LogP contribution in [0.25, 0.3) is 6.08 Å². The molecule has 110 valence electrons. The lowest BCUT2D eigenvalue weighted by Gasteiger charge is -2.25. The molecule has 20 heavy (non-hydrogen) atoms. The number of benzene rings is 1. The SMILES string of the molecule is CC(C)CN(CC(C)C)C(=O)/C=C/c1ccc(F)cc1. The van der Waals surface area contributed by atoms with Crippen molar-refractivity contribution in [3.63, 3.8) is 0 Å². The molecule has 0 aliphatic carbocycles. The van der Waals surface area contributed by atoms with Gasteiger partial charge >= 0.3 is 0 Å². The molecule has 3 heteroatoms. The first kappa shape index (κ1) is 16.4. The number of carbonyl (C=O) groups excluding carboxylic acids is 1. The van der Waals surface area contributed by atoms with Crippen LogP contribution in [0.15, 0.2) is 30.3 Å². The smallest absolute Gasteiger partial charge is 0.246 e. The molecule has 0 saturated heterocycles. The van der Waals surface area contributed by atoms with Crippen LogP contribution in [0.4, 0.5) is 4.39 Å². The molecule has 2 nitrogen and oxygen atoms in total. The van der Waals surface area contributed by atoms with Crippen LogP contribution in [0.3, 0.4) is 0 Å². The number of hydrogen-bond acceptors (Lipinski definition) is 1. The van der Waals surface area contributed by atoms with Crippen molar-refractivity contribution in [1.29, 1.82) is 0 Å². The number of rotatable bonds is 6. The fourth-order valence-electron chi connectivity index (χ4n) is 1.98. The summed E-state index contributed by atoms with van der Waals surface area (Å²) in [6.45, 7) is 9.92. The zero-order valence-corrected chi connectivity index (χ0v) is 12.8. The highest BCUT2D eigenvalue weighted by molar-refractivity contribution is 5.91. The minimum atomic E-state index is -0.269. The number of amides is 1. The molecule has 0 heterocycles. The second-order valence-electron chi connectivity index (χ2n) is 5.92. The number of hydrogen-bond donors (Lipinski definition) is 0. The summed E-state index contributed by atoms with van der Waals surface area (Å²) < 4.78 is 12.8. The van der Waals surface area contributed by atoms with Gasteiger partial charge in [0.25, 0.3) is 0 Å². The lowest BCUT2D eigenvalue weighted by Crippen LogP contribution is -2.35. The van der Waals surface area contributed by atoms with Crippen molar-refractivity contribution in [2.75, 3.05) is 13.1 Å². The van der Waals surface area contributed by atoms with Gasteiger partial charge in [0.1, 0.15) is 5.82 Å². The predicted octanol–water partition coefficient (Wildman–Crippen LogP) is 3.98. The first-order chi connectivity index (χ1) is 9.38. The van der Waals surface area contributed by atoms with E-state index in [1.807, 2.05) is 4.90 Å². The van der Waals surface area contributed by atoms with Crippen LogP contribution in [0.2, 0.25) is 0 Å². The van der Waals surface area contributed by atoms with Gasteiger partial charge in [-0.1, -0.05) is 39.8 Å². The van der Waals surface area contributed by atoms with Crippen molar-refractivity contribution < 1.29 is 9.18 Å². The molecule has 0 unspecified atom stereocenters. The molecule has 0 bridgehead atoms. The third-order valence-corrected chi connectivity index (χ3v) is 2.77. The monoisotopic (exact) mass is 277 g/mol. The summed E-state index contributed by atoms with van der Waals surface area (Å²) in [5.74, 6) is 0.625. The summed E-state index contributed by atoms with van der Waals surface area (Å²) in [4.78, 5) is 14.1. The van der Waals surface area contributed by atoms with Gasteiger partial charge in [-0.2, -0.15) is 0 Å². The summed E-state index contributed by atoms with van der Waals surface area (Å²) in [7, 11) is 0. The summed E-state index contributed by atoms with van der Waals surface area (Å²) in [6, 6.07) is 6.11. The molecule has 0 aliphatic rings. The first-order valence-electron chi connectivity index (χ1n) is 7.11. The molecule has 0 atom stereocenters. The normalized spacial score (nSPS) is 11.6. The van der Waals surface area contributed by atoms with Crippen molar-refractivity contribution in [2.45, 2.75) is 27.7 Å². The predicted molar refractivity (Wildman–Crippen MR) is 81.7 cm³/mol. The van der Waals surface area contributed by atoms with E-state index in [-0.39, 0.29) is 11.7 Å². The standard InChI is InChI=1S/C17H24FNO/c1-13(2)11-19(12-14(3)4)17(20)10-7-15-5-8-16(18)9-6-15/h5-10,13-14H,11-12H2,1-4H3/b10-7+. The molecule has 1 aromatic rings. The Kier molecular flexibility index (Phi) is 6.43. The highest BCUT2D eigenvalue weighted by atomic mass is 19.1. The number of halogens is 1. The molecular weight excluding hydrogens is 253 g/mol. The molecule has 0 aliphatic heterocycles. The maximum Gasteiger partial charge on any atom is 0.246 e. The lowest BCUT2D eigenvalue weighted by atomic mass is 10.1. The molecule has 0 aromatic heterocycles. The molecular formula is C17H24FNO. The second-order valence-corrected chi connectivity index (χ2v) is 5.92. The van der Waals surface area contributed by atoms with E-state index in [4.69, 9.17) is 0 Å². The van der Waals surface area contributed by atoms with E-state index >= 15 is 0 Å². The van der Waals surface area contributed by atoms with E-state index in [1.54, 1.807) is 24.3 Å². The van der Waals surface area contributed by atoms with Gasteiger partial charge < -0.3 is 4.90 Å². The van der Waals surface area contributed by atoms with E-state index in [9.17, 15) is 9.18 Å². The first-order valence-corrected chi connectivity index (χ1v) is 7.11. The Balaban J connectivity index is 2.71. The average molecular weight is 277 g/mol. The second kappa shape index (κ2) is 7.83. The molecule has 0 radical (unpaired) electrons. The molecule has 0 fully saturated rings. The molecule has 0 spiro atoms. The van der Waals surface area contributed by atoms with Crippen molar-refractivity contribution in [3.05, 3.63) is 41.7 Å². The minimum Gasteiger partial charge on any atom is -0.339 e. The van der Waals surface area contributed by atoms with Gasteiger partial charge in [-0.25, -0.2) is 4.39 Å². The van der Waals surface area contributed by atoms with Crippen LogP contribution in [0, 0.1) is 17.7 Å². The van der Waals surface area contributed by atoms with Gasteiger partial charge in [0, 0.05) is 19.2 Å². The van der Waals surface area contributed by atoms with Crippen LogP contribution in [-0.2, 0) is 4.79 Å². The maximum absolute atomic E-state index is 12.8. The van der Waals surface area contributed by atoms with Crippen LogP contribution >= 0.6 is 0 Å². The Morgan fingerprint density at radius 2 is 1.60 bits per heavy atom. The van der Waals surface area contributed by atoms with Crippen molar-refractivity contribution in [1.82, 2.24) is 4.90 Å². The Morgan fingerprint density at radius 1 is 1.10 bits per heavy atom. The van der Waals surface area contributed by atoms with Gasteiger partial charge in [0.15, 0.2) is 0 Å². The van der Waals surface area contributed by atoms with Crippen molar-refractivity contribution >= 4 is 12.0 Å². The molecule has 1 aromatic carbocycles. The summed E-state index contributed by atoms with van der Waals surface area (Å²) in [6.07, 6.45) is 3.30. The zero-order valence-electron chi connectivity index (χ0n) is 12.8. The van der Waals surface area contributed by atoms with E-state index in [1.165, 1.54) is 12.1 Å². The number of nitrogens with zero attached hydrogens (tertiary/aromatic N) is 1. The average Bonchev–Trinajstić information content (AvgIpc) is 2.36. The van der Waals surface area contributed by atoms with Crippen molar-refractivity contribution in [3.8, 4) is 0 Å². The van der Waals surface area contributed by atoms with Crippen LogP contribution in [0.1, 0.15) is 33.3 Å². The van der Waals surface area contributed by atoms with Crippen LogP contribution in [-0.4, -0.2) is 23.9 Å². The maximum atomic E-state index is 12.8. The Labute approximate surface area is 121 Å². The highest BCUT2D eigenvalue weighted by Crippen LogP contribution is 2.08. The largest absolute Gasteiger partial charge is 0.339 e. The van der Waals surface area contributed by atoms with Gasteiger partial charge in [-0.15, -0.1) is 0 Å². The zero-order chi connectivity index (χ0) is 15.1. The third kappa shape index (κ3) is 6.00. The van der Waals surface area contributed by atoms with E-state index < -0.39 is 0 Å². The topological polar surface area (TPSA) is 20.3 Å². The molecule has 1 rings (SSSR count). The fraction of sp³-hybridized carbons (Fsp3) is 0.471. The van der Waals surface area contributed by atoms with E-state index in [0.29, 0.717) is 11.8 Å². The lowest BCUT2D eigenvalue weighted by molar-refractivity contribution is -0.127. The van der Waals surface area contributed by atoms with E-state index in [0.717, 1.165) is 18.7 Å². The third-order valence-electron chi connectivity index (χ3n) is 2.77. The Bertz CT molecular complexity index is 439. The minimum absolute atomic E-state index is 0.0109. The fourth-order valence-corrected chi connectivity index (χ4v) is 1.98. The quantitative estimate of drug-likeness (QED) is 0.720. The molecule has 1 amide bonds. The molecule has 0 N–H and O–H groups in total. The van der Waals surface area contributed by atoms with Gasteiger partial charge in [0.05, 0.1) is 0 Å². The Morgan fingerprint density at radius 3 is 2.05 bits per heavy atom. The van der Waals surface area contributed by atoms with Gasteiger partial charge in [-0.3, -0.25) is 4.79 Å². The van der Waals surface area contributed by atoms with Crippen molar-refractivity contribution in [2.24, 2.45) is 11.8 Å². The summed E-state index contributed by atoms with van der Waals surface area (Å²) in [5, 5.41) is 0. The Hall–Kier alpha value is -1.64. The van der Waals surface area contributed by atoms with E-state index in [2.05, 4.69) is 27.7 Å². The molecule has 0 saturated carbocycles. The van der Waals surface area contributed by atoms with Crippen LogP contribution < -0.4 is 0 Å². The van der Waals surface area contributed by atoms with Gasteiger partial charge in [-0.05, 0) is 35.6 Å².